The molecule has 1 N–H and O–H groups in total. The van der Waals surface area contributed by atoms with E-state index in [-0.39, 0.29) is 0 Å². The molecule has 2 aromatic carbocycles. The first-order chi connectivity index (χ1) is 12.3. The van der Waals surface area contributed by atoms with E-state index in [2.05, 4.69) is 65.7 Å². The SMILES string of the molecule is Cc1ccc(COc2ccccc2CNC2CN3CCC2CC3)cc1. The Morgan fingerprint density at radius 1 is 1.04 bits per heavy atom. The van der Waals surface area contributed by atoms with E-state index in [9.17, 15) is 0 Å². The number of hydrogen-bond donors (Lipinski definition) is 1. The number of para-hydroxylation sites is 1. The first-order valence-electron chi connectivity index (χ1n) is 9.50. The van der Waals surface area contributed by atoms with Gasteiger partial charge in [-0.1, -0.05) is 48.0 Å². The molecule has 0 saturated carbocycles. The Balaban J connectivity index is 1.36. The molecule has 3 aliphatic rings. The molecular weight excluding hydrogens is 308 g/mol. The van der Waals surface area contributed by atoms with Crippen molar-refractivity contribution in [2.24, 2.45) is 5.92 Å². The molecule has 25 heavy (non-hydrogen) atoms. The number of nitrogens with zero attached hydrogens (tertiary/aromatic N) is 1. The second kappa shape index (κ2) is 7.59. The Labute approximate surface area is 151 Å². The van der Waals surface area contributed by atoms with E-state index >= 15 is 0 Å². The van der Waals surface area contributed by atoms with Gasteiger partial charge in [0.15, 0.2) is 0 Å². The molecule has 3 heterocycles. The van der Waals surface area contributed by atoms with Crippen LogP contribution in [0.2, 0.25) is 0 Å². The van der Waals surface area contributed by atoms with E-state index < -0.39 is 0 Å². The van der Waals surface area contributed by atoms with Crippen molar-refractivity contribution in [2.45, 2.75) is 39.0 Å². The van der Waals surface area contributed by atoms with Gasteiger partial charge in [0.05, 0.1) is 0 Å². The van der Waals surface area contributed by atoms with Crippen molar-refractivity contribution in [3.63, 3.8) is 0 Å². The second-order valence-electron chi connectivity index (χ2n) is 7.51. The summed E-state index contributed by atoms with van der Waals surface area (Å²) in [5.41, 5.74) is 3.75. The molecule has 132 valence electrons. The van der Waals surface area contributed by atoms with Crippen LogP contribution in [0.3, 0.4) is 0 Å². The van der Waals surface area contributed by atoms with Crippen molar-refractivity contribution in [3.05, 3.63) is 65.2 Å². The van der Waals surface area contributed by atoms with Gasteiger partial charge in [0.1, 0.15) is 12.4 Å². The minimum atomic E-state index is 0.622. The largest absolute Gasteiger partial charge is 0.489 e. The summed E-state index contributed by atoms with van der Waals surface area (Å²) in [6, 6.07) is 17.6. The van der Waals surface area contributed by atoms with Gasteiger partial charge in [-0.05, 0) is 50.4 Å². The lowest BCUT2D eigenvalue weighted by molar-refractivity contribution is 0.0718. The summed E-state index contributed by atoms with van der Waals surface area (Å²) >= 11 is 0. The number of benzene rings is 2. The Morgan fingerprint density at radius 3 is 2.52 bits per heavy atom. The van der Waals surface area contributed by atoms with Crippen LogP contribution >= 0.6 is 0 Å². The van der Waals surface area contributed by atoms with E-state index in [1.807, 2.05) is 0 Å². The van der Waals surface area contributed by atoms with Gasteiger partial charge in [-0.15, -0.1) is 0 Å². The standard InChI is InChI=1S/C22H28N2O/c1-17-6-8-18(9-7-17)16-25-22-5-3-2-4-20(22)14-23-21-15-24-12-10-19(21)11-13-24/h2-9,19,21,23H,10-16H2,1H3. The number of fused-ring (bicyclic) bond motifs is 3. The molecule has 3 aliphatic heterocycles. The summed E-state index contributed by atoms with van der Waals surface area (Å²) in [5.74, 6) is 1.85. The maximum atomic E-state index is 6.11. The highest BCUT2D eigenvalue weighted by atomic mass is 16.5. The summed E-state index contributed by atoms with van der Waals surface area (Å²) in [5, 5.41) is 3.79. The van der Waals surface area contributed by atoms with Crippen molar-refractivity contribution in [1.82, 2.24) is 10.2 Å². The van der Waals surface area contributed by atoms with Crippen LogP contribution in [-0.4, -0.2) is 30.6 Å². The van der Waals surface area contributed by atoms with Crippen LogP contribution in [-0.2, 0) is 13.2 Å². The van der Waals surface area contributed by atoms with E-state index in [0.717, 1.165) is 18.2 Å². The fourth-order valence-corrected chi connectivity index (χ4v) is 4.07. The van der Waals surface area contributed by atoms with Gasteiger partial charge >= 0.3 is 0 Å². The first-order valence-corrected chi connectivity index (χ1v) is 9.50. The van der Waals surface area contributed by atoms with Gasteiger partial charge < -0.3 is 15.0 Å². The topological polar surface area (TPSA) is 24.5 Å². The third-order valence-corrected chi connectivity index (χ3v) is 5.70. The molecule has 5 rings (SSSR count). The van der Waals surface area contributed by atoms with E-state index in [1.54, 1.807) is 0 Å². The molecule has 0 aliphatic carbocycles. The van der Waals surface area contributed by atoms with Crippen LogP contribution in [0.5, 0.6) is 5.75 Å². The molecule has 0 aromatic heterocycles. The molecule has 1 atom stereocenters. The highest BCUT2D eigenvalue weighted by Gasteiger charge is 2.33. The van der Waals surface area contributed by atoms with Crippen molar-refractivity contribution >= 4 is 0 Å². The highest BCUT2D eigenvalue weighted by Crippen LogP contribution is 2.28. The summed E-state index contributed by atoms with van der Waals surface area (Å²) < 4.78 is 6.11. The van der Waals surface area contributed by atoms with Crippen LogP contribution in [0.1, 0.15) is 29.5 Å². The smallest absolute Gasteiger partial charge is 0.124 e. The molecule has 0 amide bonds. The predicted molar refractivity (Wildman–Crippen MR) is 102 cm³/mol. The van der Waals surface area contributed by atoms with Gasteiger partial charge in [0.2, 0.25) is 0 Å². The zero-order chi connectivity index (χ0) is 17.1. The molecule has 3 heteroatoms. The van der Waals surface area contributed by atoms with Crippen molar-refractivity contribution < 1.29 is 4.74 Å². The van der Waals surface area contributed by atoms with Crippen LogP contribution in [0.25, 0.3) is 0 Å². The van der Waals surface area contributed by atoms with Crippen LogP contribution in [0.15, 0.2) is 48.5 Å². The van der Waals surface area contributed by atoms with Gasteiger partial charge in [-0.25, -0.2) is 0 Å². The molecular formula is C22H28N2O. The van der Waals surface area contributed by atoms with E-state index in [4.69, 9.17) is 4.74 Å². The summed E-state index contributed by atoms with van der Waals surface area (Å²) in [6.07, 6.45) is 2.70. The fraction of sp³-hybridized carbons (Fsp3) is 0.455. The number of hydrogen-bond acceptors (Lipinski definition) is 3. The van der Waals surface area contributed by atoms with Gasteiger partial charge in [0.25, 0.3) is 0 Å². The normalized spacial score (nSPS) is 25.1. The number of rotatable bonds is 6. The first kappa shape index (κ1) is 16.6. The second-order valence-corrected chi connectivity index (χ2v) is 7.51. The molecule has 3 saturated heterocycles. The zero-order valence-corrected chi connectivity index (χ0v) is 15.1. The monoisotopic (exact) mass is 336 g/mol. The lowest BCUT2D eigenvalue weighted by Crippen LogP contribution is -2.55. The fourth-order valence-electron chi connectivity index (χ4n) is 4.07. The minimum absolute atomic E-state index is 0.622. The Morgan fingerprint density at radius 2 is 1.80 bits per heavy atom. The average Bonchev–Trinajstić information content (AvgIpc) is 2.67. The van der Waals surface area contributed by atoms with Crippen molar-refractivity contribution in [3.8, 4) is 5.75 Å². The van der Waals surface area contributed by atoms with Crippen molar-refractivity contribution in [1.29, 1.82) is 0 Å². The molecule has 1 unspecified atom stereocenters. The molecule has 2 bridgehead atoms. The van der Waals surface area contributed by atoms with Crippen LogP contribution < -0.4 is 10.1 Å². The van der Waals surface area contributed by atoms with Crippen LogP contribution in [0, 0.1) is 12.8 Å². The van der Waals surface area contributed by atoms with E-state index in [1.165, 1.54) is 49.2 Å². The van der Waals surface area contributed by atoms with Gasteiger partial charge in [-0.3, -0.25) is 0 Å². The molecule has 3 fully saturated rings. The molecule has 2 aromatic rings. The molecule has 0 radical (unpaired) electrons. The Bertz CT molecular complexity index is 689. The van der Waals surface area contributed by atoms with E-state index in [0.29, 0.717) is 12.6 Å². The third-order valence-electron chi connectivity index (χ3n) is 5.70. The Kier molecular flexibility index (Phi) is 5.04. The number of ether oxygens (including phenoxy) is 1. The average molecular weight is 336 g/mol. The van der Waals surface area contributed by atoms with Crippen LogP contribution in [0.4, 0.5) is 0 Å². The maximum Gasteiger partial charge on any atom is 0.124 e. The quantitative estimate of drug-likeness (QED) is 0.869. The summed E-state index contributed by atoms with van der Waals surface area (Å²) in [6.45, 7) is 7.41. The Hall–Kier alpha value is -1.84. The lowest BCUT2D eigenvalue weighted by atomic mass is 9.84. The zero-order valence-electron chi connectivity index (χ0n) is 15.1. The highest BCUT2D eigenvalue weighted by molar-refractivity contribution is 5.33. The molecule has 0 spiro atoms. The lowest BCUT2D eigenvalue weighted by Gasteiger charge is -2.45. The van der Waals surface area contributed by atoms with Crippen molar-refractivity contribution in [2.75, 3.05) is 19.6 Å². The predicted octanol–water partition coefficient (Wildman–Crippen LogP) is 3.76. The summed E-state index contributed by atoms with van der Waals surface area (Å²) in [4.78, 5) is 2.59. The number of aryl methyl sites for hydroxylation is 1. The summed E-state index contributed by atoms with van der Waals surface area (Å²) in [7, 11) is 0. The molecule has 3 nitrogen and oxygen atoms in total. The minimum Gasteiger partial charge on any atom is -0.489 e. The number of piperidine rings is 3. The maximum absolute atomic E-state index is 6.11. The third kappa shape index (κ3) is 4.05. The van der Waals surface area contributed by atoms with Gasteiger partial charge in [0, 0.05) is 24.7 Å². The number of nitrogens with one attached hydrogen (secondary N) is 1. The van der Waals surface area contributed by atoms with Gasteiger partial charge in [-0.2, -0.15) is 0 Å².